The Labute approximate surface area is 79.2 Å². The van der Waals surface area contributed by atoms with Crippen molar-refractivity contribution in [1.82, 2.24) is 4.98 Å². The fourth-order valence-corrected chi connectivity index (χ4v) is 1.55. The molecule has 1 aromatic rings. The lowest BCUT2D eigenvalue weighted by Gasteiger charge is -2.09. The van der Waals surface area contributed by atoms with Gasteiger partial charge in [0.1, 0.15) is 0 Å². The molecule has 1 aliphatic rings. The van der Waals surface area contributed by atoms with Crippen LogP contribution in [0.4, 0.5) is 0 Å². The molecule has 0 atom stereocenters. The van der Waals surface area contributed by atoms with Gasteiger partial charge in [0.2, 0.25) is 0 Å². The van der Waals surface area contributed by atoms with E-state index in [1.54, 1.807) is 0 Å². The fraction of sp³-hybridized carbons (Fsp3) is 0.545. The van der Waals surface area contributed by atoms with Crippen LogP contribution >= 0.6 is 0 Å². The minimum atomic E-state index is 0.169. The largest absolute Gasteiger partial charge is 0.325 e. The molecule has 2 heteroatoms. The van der Waals surface area contributed by atoms with Crippen molar-refractivity contribution in [3.8, 4) is 0 Å². The average molecular weight is 176 g/mol. The van der Waals surface area contributed by atoms with Crippen LogP contribution < -0.4 is 5.73 Å². The van der Waals surface area contributed by atoms with Gasteiger partial charge in [-0.2, -0.15) is 0 Å². The van der Waals surface area contributed by atoms with Crippen LogP contribution in [-0.2, 0) is 6.42 Å². The van der Waals surface area contributed by atoms with Gasteiger partial charge < -0.3 is 5.73 Å². The van der Waals surface area contributed by atoms with Crippen molar-refractivity contribution >= 4 is 0 Å². The number of nitrogens with zero attached hydrogens (tertiary/aromatic N) is 1. The molecule has 70 valence electrons. The molecule has 0 spiro atoms. The van der Waals surface area contributed by atoms with Gasteiger partial charge in [-0.15, -0.1) is 0 Å². The van der Waals surface area contributed by atoms with Crippen molar-refractivity contribution in [3.05, 3.63) is 29.6 Å². The number of hydrogen-bond donors (Lipinski definition) is 1. The molecule has 0 aliphatic heterocycles. The summed E-state index contributed by atoms with van der Waals surface area (Å²) in [6, 6.07) is 2.06. The minimum Gasteiger partial charge on any atom is -0.325 e. The summed E-state index contributed by atoms with van der Waals surface area (Å²) in [4.78, 5) is 4.13. The van der Waals surface area contributed by atoms with E-state index >= 15 is 0 Å². The standard InChI is InChI=1S/C11H16N2/c1-9-3-7-13-8-10(9)2-4-11(12)5-6-11/h3,7-8H,2,4-6,12H2,1H3. The summed E-state index contributed by atoms with van der Waals surface area (Å²) in [5, 5.41) is 0. The van der Waals surface area contributed by atoms with Gasteiger partial charge in [0, 0.05) is 17.9 Å². The lowest BCUT2D eigenvalue weighted by Crippen LogP contribution is -2.22. The molecule has 1 aromatic heterocycles. The van der Waals surface area contributed by atoms with E-state index in [0.29, 0.717) is 0 Å². The monoisotopic (exact) mass is 176 g/mol. The van der Waals surface area contributed by atoms with Crippen LogP contribution in [0.3, 0.4) is 0 Å². The summed E-state index contributed by atoms with van der Waals surface area (Å²) in [5.41, 5.74) is 8.87. The van der Waals surface area contributed by atoms with Gasteiger partial charge in [0.15, 0.2) is 0 Å². The van der Waals surface area contributed by atoms with Gasteiger partial charge in [-0.05, 0) is 49.8 Å². The number of hydrogen-bond acceptors (Lipinski definition) is 2. The first-order chi connectivity index (χ1) is 6.20. The molecule has 1 heterocycles. The van der Waals surface area contributed by atoms with Crippen LogP contribution in [0.1, 0.15) is 30.4 Å². The predicted octanol–water partition coefficient (Wildman–Crippen LogP) is 1.81. The summed E-state index contributed by atoms with van der Waals surface area (Å²) in [7, 11) is 0. The smallest absolute Gasteiger partial charge is 0.0302 e. The van der Waals surface area contributed by atoms with Gasteiger partial charge >= 0.3 is 0 Å². The normalized spacial score (nSPS) is 18.6. The second-order valence-corrected chi connectivity index (χ2v) is 4.16. The zero-order valence-corrected chi connectivity index (χ0v) is 8.09. The molecule has 1 fully saturated rings. The van der Waals surface area contributed by atoms with Gasteiger partial charge in [0.05, 0.1) is 0 Å². The second-order valence-electron chi connectivity index (χ2n) is 4.16. The van der Waals surface area contributed by atoms with Crippen molar-refractivity contribution in [2.75, 3.05) is 0 Å². The summed E-state index contributed by atoms with van der Waals surface area (Å²) in [6.45, 7) is 2.13. The van der Waals surface area contributed by atoms with E-state index in [9.17, 15) is 0 Å². The molecule has 0 unspecified atom stereocenters. The highest BCUT2D eigenvalue weighted by atomic mass is 14.8. The maximum absolute atomic E-state index is 6.02. The van der Waals surface area contributed by atoms with E-state index in [1.807, 2.05) is 12.4 Å². The Morgan fingerprint density at radius 3 is 2.92 bits per heavy atom. The van der Waals surface area contributed by atoms with Crippen molar-refractivity contribution in [3.63, 3.8) is 0 Å². The lowest BCUT2D eigenvalue weighted by atomic mass is 10.0. The molecule has 2 rings (SSSR count). The van der Waals surface area contributed by atoms with E-state index in [1.165, 1.54) is 24.0 Å². The first-order valence-corrected chi connectivity index (χ1v) is 4.88. The summed E-state index contributed by atoms with van der Waals surface area (Å²) < 4.78 is 0. The summed E-state index contributed by atoms with van der Waals surface area (Å²) in [6.07, 6.45) is 8.39. The number of pyridine rings is 1. The predicted molar refractivity (Wildman–Crippen MR) is 53.4 cm³/mol. The molecule has 1 aliphatic carbocycles. The van der Waals surface area contributed by atoms with Crippen molar-refractivity contribution < 1.29 is 0 Å². The van der Waals surface area contributed by atoms with Crippen LogP contribution in [0.25, 0.3) is 0 Å². The van der Waals surface area contributed by atoms with Crippen LogP contribution in [0.2, 0.25) is 0 Å². The molecule has 13 heavy (non-hydrogen) atoms. The Hall–Kier alpha value is -0.890. The van der Waals surface area contributed by atoms with Crippen molar-refractivity contribution in [2.24, 2.45) is 5.73 Å². The Kier molecular flexibility index (Phi) is 2.08. The molecule has 2 N–H and O–H groups in total. The third-order valence-corrected chi connectivity index (χ3v) is 2.93. The van der Waals surface area contributed by atoms with Crippen LogP contribution in [0, 0.1) is 6.92 Å². The quantitative estimate of drug-likeness (QED) is 0.763. The van der Waals surface area contributed by atoms with Crippen LogP contribution in [0.15, 0.2) is 18.5 Å². The van der Waals surface area contributed by atoms with Crippen molar-refractivity contribution in [1.29, 1.82) is 0 Å². The molecular weight excluding hydrogens is 160 g/mol. The molecule has 0 amide bonds. The van der Waals surface area contributed by atoms with Gasteiger partial charge in [-0.3, -0.25) is 4.98 Å². The number of rotatable bonds is 3. The minimum absolute atomic E-state index is 0.169. The number of nitrogens with two attached hydrogens (primary N) is 1. The van der Waals surface area contributed by atoms with Crippen LogP contribution in [0.5, 0.6) is 0 Å². The zero-order valence-electron chi connectivity index (χ0n) is 8.09. The summed E-state index contributed by atoms with van der Waals surface area (Å²) in [5.74, 6) is 0. The Morgan fingerprint density at radius 2 is 2.31 bits per heavy atom. The first-order valence-electron chi connectivity index (χ1n) is 4.88. The molecule has 0 aromatic carbocycles. The van der Waals surface area contributed by atoms with E-state index in [2.05, 4.69) is 18.0 Å². The zero-order chi connectivity index (χ0) is 9.31. The van der Waals surface area contributed by atoms with Crippen molar-refractivity contribution in [2.45, 2.75) is 38.1 Å². The first kappa shape index (κ1) is 8.70. The third-order valence-electron chi connectivity index (χ3n) is 2.93. The van der Waals surface area contributed by atoms with E-state index < -0.39 is 0 Å². The van der Waals surface area contributed by atoms with E-state index in [0.717, 1.165) is 12.8 Å². The maximum atomic E-state index is 6.02. The Bertz CT molecular complexity index is 303. The topological polar surface area (TPSA) is 38.9 Å². The van der Waals surface area contributed by atoms with E-state index in [4.69, 9.17) is 5.73 Å². The Morgan fingerprint density at radius 1 is 1.54 bits per heavy atom. The highest BCUT2D eigenvalue weighted by molar-refractivity contribution is 5.22. The highest BCUT2D eigenvalue weighted by Crippen LogP contribution is 2.36. The third kappa shape index (κ3) is 2.07. The van der Waals surface area contributed by atoms with Gasteiger partial charge in [-0.25, -0.2) is 0 Å². The molecule has 0 radical (unpaired) electrons. The van der Waals surface area contributed by atoms with Gasteiger partial charge in [0.25, 0.3) is 0 Å². The molecule has 1 saturated carbocycles. The van der Waals surface area contributed by atoms with Gasteiger partial charge in [-0.1, -0.05) is 0 Å². The van der Waals surface area contributed by atoms with E-state index in [-0.39, 0.29) is 5.54 Å². The number of aryl methyl sites for hydroxylation is 2. The lowest BCUT2D eigenvalue weighted by molar-refractivity contribution is 0.607. The fourth-order valence-electron chi connectivity index (χ4n) is 1.55. The summed E-state index contributed by atoms with van der Waals surface area (Å²) >= 11 is 0. The molecule has 0 bridgehead atoms. The second kappa shape index (κ2) is 3.11. The van der Waals surface area contributed by atoms with Crippen LogP contribution in [-0.4, -0.2) is 10.5 Å². The highest BCUT2D eigenvalue weighted by Gasteiger charge is 2.37. The average Bonchev–Trinajstić information content (AvgIpc) is 2.83. The molecular formula is C11H16N2. The maximum Gasteiger partial charge on any atom is 0.0302 e. The number of aromatic nitrogens is 1. The SMILES string of the molecule is Cc1ccncc1CCC1(N)CC1. The Balaban J connectivity index is 1.97. The molecule has 0 saturated heterocycles. The molecule has 2 nitrogen and oxygen atoms in total.